The maximum Gasteiger partial charge on any atom is 0.197 e. The molecule has 0 aliphatic carbocycles. The first-order valence-electron chi connectivity index (χ1n) is 7.77. The van der Waals surface area contributed by atoms with Gasteiger partial charge in [-0.2, -0.15) is 0 Å². The summed E-state index contributed by atoms with van der Waals surface area (Å²) in [5.41, 5.74) is 2.49. The minimum atomic E-state index is -1.93. The number of rotatable bonds is 5. The minimum Gasteiger partial charge on any atom is -0.361 e. The van der Waals surface area contributed by atoms with Gasteiger partial charge in [-0.25, -0.2) is 0 Å². The van der Waals surface area contributed by atoms with Crippen LogP contribution in [0.2, 0.25) is 0 Å². The van der Waals surface area contributed by atoms with Crippen molar-refractivity contribution in [3.8, 4) is 0 Å². The molecule has 1 unspecified atom stereocenters. The molecule has 0 radical (unpaired) electrons. The highest BCUT2D eigenvalue weighted by molar-refractivity contribution is 5.31. The van der Waals surface area contributed by atoms with Crippen LogP contribution in [0.4, 0.5) is 0 Å². The van der Waals surface area contributed by atoms with E-state index < -0.39 is 11.7 Å². The second-order valence-corrected chi connectivity index (χ2v) is 5.75. The quantitative estimate of drug-likeness (QED) is 0.703. The van der Waals surface area contributed by atoms with E-state index in [0.29, 0.717) is 12.0 Å². The van der Waals surface area contributed by atoms with Gasteiger partial charge in [-0.15, -0.1) is 0 Å². The molecule has 1 atom stereocenters. The Kier molecular flexibility index (Phi) is 4.56. The van der Waals surface area contributed by atoms with Gasteiger partial charge in [-0.3, -0.25) is 0 Å². The van der Waals surface area contributed by atoms with Crippen molar-refractivity contribution < 1.29 is 10.2 Å². The molecule has 0 spiro atoms. The van der Waals surface area contributed by atoms with Crippen molar-refractivity contribution in [2.24, 2.45) is 0 Å². The first-order chi connectivity index (χ1) is 11.2. The molecule has 0 saturated heterocycles. The average Bonchev–Trinajstić information content (AvgIpc) is 2.62. The molecule has 0 aliphatic rings. The predicted octanol–water partition coefficient (Wildman–Crippen LogP) is 3.85. The van der Waals surface area contributed by atoms with Gasteiger partial charge in [0.05, 0.1) is 0 Å². The van der Waals surface area contributed by atoms with Crippen molar-refractivity contribution in [1.29, 1.82) is 0 Å². The molecular formula is C21H20O2. The summed E-state index contributed by atoms with van der Waals surface area (Å²) in [4.78, 5) is 0. The molecular weight excluding hydrogens is 284 g/mol. The smallest absolute Gasteiger partial charge is 0.197 e. The maximum absolute atomic E-state index is 10.9. The van der Waals surface area contributed by atoms with Crippen molar-refractivity contribution >= 4 is 0 Å². The van der Waals surface area contributed by atoms with Crippen LogP contribution in [0.3, 0.4) is 0 Å². The van der Waals surface area contributed by atoms with Crippen LogP contribution in [0, 0.1) is 0 Å². The van der Waals surface area contributed by atoms with Crippen LogP contribution in [0.25, 0.3) is 0 Å². The van der Waals surface area contributed by atoms with E-state index in [4.69, 9.17) is 0 Å². The fourth-order valence-corrected chi connectivity index (χ4v) is 2.91. The fraction of sp³-hybridized carbons (Fsp3) is 0.143. The molecule has 2 heteroatoms. The standard InChI is InChI=1S/C21H20O2/c22-21(23,19-14-8-3-9-15-19)20(18-12-6-2-7-13-18)16-17-10-4-1-5-11-17/h1-15,20,22-23H,16H2. The van der Waals surface area contributed by atoms with Gasteiger partial charge < -0.3 is 10.2 Å². The summed E-state index contributed by atoms with van der Waals surface area (Å²) in [6.45, 7) is 0. The number of aliphatic hydroxyl groups is 2. The summed E-state index contributed by atoms with van der Waals surface area (Å²) in [6, 6.07) is 28.6. The molecule has 116 valence electrons. The zero-order valence-corrected chi connectivity index (χ0v) is 12.8. The molecule has 23 heavy (non-hydrogen) atoms. The number of hydrogen-bond acceptors (Lipinski definition) is 2. The van der Waals surface area contributed by atoms with Crippen molar-refractivity contribution in [2.75, 3.05) is 0 Å². The van der Waals surface area contributed by atoms with Crippen LogP contribution in [0.15, 0.2) is 91.0 Å². The summed E-state index contributed by atoms with van der Waals surface area (Å²) < 4.78 is 0. The van der Waals surface area contributed by atoms with E-state index in [1.54, 1.807) is 12.1 Å². The largest absolute Gasteiger partial charge is 0.361 e. The Morgan fingerprint density at radius 3 is 1.70 bits per heavy atom. The molecule has 3 aromatic rings. The van der Waals surface area contributed by atoms with E-state index in [9.17, 15) is 10.2 Å². The second kappa shape index (κ2) is 6.78. The first-order valence-corrected chi connectivity index (χ1v) is 7.77. The van der Waals surface area contributed by atoms with Crippen molar-refractivity contribution in [2.45, 2.75) is 18.1 Å². The highest BCUT2D eigenvalue weighted by Crippen LogP contribution is 2.37. The van der Waals surface area contributed by atoms with E-state index in [-0.39, 0.29) is 0 Å². The van der Waals surface area contributed by atoms with Gasteiger partial charge >= 0.3 is 0 Å². The lowest BCUT2D eigenvalue weighted by Gasteiger charge is -2.32. The zero-order chi connectivity index (χ0) is 16.1. The van der Waals surface area contributed by atoms with Crippen molar-refractivity contribution in [3.63, 3.8) is 0 Å². The SMILES string of the molecule is OC(O)(c1ccccc1)C(Cc1ccccc1)c1ccccc1. The molecule has 2 nitrogen and oxygen atoms in total. The molecule has 0 aliphatic heterocycles. The Hall–Kier alpha value is -2.42. The second-order valence-electron chi connectivity index (χ2n) is 5.75. The molecule has 2 N–H and O–H groups in total. The van der Waals surface area contributed by atoms with Crippen LogP contribution < -0.4 is 0 Å². The summed E-state index contributed by atoms with van der Waals surface area (Å²) >= 11 is 0. The molecule has 3 rings (SSSR count). The summed E-state index contributed by atoms with van der Waals surface area (Å²) in [5, 5.41) is 21.8. The van der Waals surface area contributed by atoms with Gasteiger partial charge in [0.15, 0.2) is 5.79 Å². The average molecular weight is 304 g/mol. The molecule has 0 amide bonds. The van der Waals surface area contributed by atoms with E-state index in [1.807, 2.05) is 78.9 Å². The van der Waals surface area contributed by atoms with Crippen LogP contribution in [0.5, 0.6) is 0 Å². The lowest BCUT2D eigenvalue weighted by atomic mass is 9.81. The maximum atomic E-state index is 10.9. The van der Waals surface area contributed by atoms with E-state index in [1.165, 1.54) is 0 Å². The third-order valence-corrected chi connectivity index (χ3v) is 4.17. The highest BCUT2D eigenvalue weighted by atomic mass is 16.5. The summed E-state index contributed by atoms with van der Waals surface area (Å²) in [7, 11) is 0. The van der Waals surface area contributed by atoms with Crippen LogP contribution in [-0.2, 0) is 12.2 Å². The molecule has 0 bridgehead atoms. The highest BCUT2D eigenvalue weighted by Gasteiger charge is 2.37. The van der Waals surface area contributed by atoms with Crippen LogP contribution in [0.1, 0.15) is 22.6 Å². The van der Waals surface area contributed by atoms with E-state index in [2.05, 4.69) is 0 Å². The Bertz CT molecular complexity index is 722. The fourth-order valence-electron chi connectivity index (χ4n) is 2.91. The lowest BCUT2D eigenvalue weighted by molar-refractivity contribution is -0.188. The van der Waals surface area contributed by atoms with Crippen LogP contribution in [-0.4, -0.2) is 10.2 Å². The van der Waals surface area contributed by atoms with E-state index in [0.717, 1.165) is 11.1 Å². The lowest BCUT2D eigenvalue weighted by Crippen LogP contribution is -2.34. The van der Waals surface area contributed by atoms with Gasteiger partial charge in [0, 0.05) is 11.5 Å². The Morgan fingerprint density at radius 2 is 1.13 bits per heavy atom. The third-order valence-electron chi connectivity index (χ3n) is 4.17. The van der Waals surface area contributed by atoms with Gasteiger partial charge in [0.1, 0.15) is 0 Å². The summed E-state index contributed by atoms with van der Waals surface area (Å²) in [6.07, 6.45) is 0.548. The zero-order valence-electron chi connectivity index (χ0n) is 12.8. The van der Waals surface area contributed by atoms with Gasteiger partial charge in [-0.05, 0) is 17.5 Å². The Balaban J connectivity index is 2.01. The molecule has 0 aromatic heterocycles. The first kappa shape index (κ1) is 15.5. The Morgan fingerprint density at radius 1 is 0.652 bits per heavy atom. The van der Waals surface area contributed by atoms with Crippen molar-refractivity contribution in [1.82, 2.24) is 0 Å². The monoisotopic (exact) mass is 304 g/mol. The Labute approximate surface area is 136 Å². The predicted molar refractivity (Wildman–Crippen MR) is 91.9 cm³/mol. The normalized spacial score (nSPS) is 12.8. The van der Waals surface area contributed by atoms with Crippen LogP contribution >= 0.6 is 0 Å². The topological polar surface area (TPSA) is 40.5 Å². The molecule has 3 aromatic carbocycles. The van der Waals surface area contributed by atoms with E-state index >= 15 is 0 Å². The summed E-state index contributed by atoms with van der Waals surface area (Å²) in [5.74, 6) is -2.38. The molecule has 0 heterocycles. The number of benzene rings is 3. The molecule has 0 fully saturated rings. The minimum absolute atomic E-state index is 0.450. The van der Waals surface area contributed by atoms with Gasteiger partial charge in [-0.1, -0.05) is 91.0 Å². The molecule has 0 saturated carbocycles. The third kappa shape index (κ3) is 3.50. The van der Waals surface area contributed by atoms with Crippen molar-refractivity contribution in [3.05, 3.63) is 108 Å². The van der Waals surface area contributed by atoms with Gasteiger partial charge in [0.2, 0.25) is 0 Å². The van der Waals surface area contributed by atoms with Gasteiger partial charge in [0.25, 0.3) is 0 Å². The number of hydrogen-bond donors (Lipinski definition) is 2.